The molecular weight excluding hydrogens is 428 g/mol. The number of aromatic nitrogens is 2. The lowest BCUT2D eigenvalue weighted by atomic mass is 9.84. The topological polar surface area (TPSA) is 86.4 Å². The number of ketones is 2. The minimum atomic E-state index is -0.709. The van der Waals surface area contributed by atoms with Gasteiger partial charge in [-0.1, -0.05) is 0 Å². The van der Waals surface area contributed by atoms with E-state index in [-0.39, 0.29) is 16.9 Å². The Labute approximate surface area is 198 Å². The Balaban J connectivity index is 1.63. The molecule has 34 heavy (non-hydrogen) atoms. The lowest BCUT2D eigenvalue weighted by Crippen LogP contribution is -2.28. The van der Waals surface area contributed by atoms with Gasteiger partial charge in [0.15, 0.2) is 5.71 Å². The van der Waals surface area contributed by atoms with E-state index in [9.17, 15) is 14.7 Å². The number of hydrogen-bond acceptors (Lipinski definition) is 6. The summed E-state index contributed by atoms with van der Waals surface area (Å²) in [6, 6.07) is 7.65. The van der Waals surface area contributed by atoms with E-state index in [1.54, 1.807) is 24.5 Å². The van der Waals surface area contributed by atoms with Gasteiger partial charge in [-0.25, -0.2) is 0 Å². The van der Waals surface area contributed by atoms with E-state index in [2.05, 4.69) is 9.97 Å². The van der Waals surface area contributed by atoms with E-state index >= 15 is 0 Å². The summed E-state index contributed by atoms with van der Waals surface area (Å²) in [5.41, 5.74) is 4.22. The molecule has 0 aromatic carbocycles. The van der Waals surface area contributed by atoms with E-state index < -0.39 is 22.4 Å². The Kier molecular flexibility index (Phi) is 4.56. The predicted molar refractivity (Wildman–Crippen MR) is 130 cm³/mol. The number of anilines is 1. The molecule has 2 aromatic heterocycles. The van der Waals surface area contributed by atoms with Crippen LogP contribution in [0.5, 0.6) is 0 Å². The summed E-state index contributed by atoms with van der Waals surface area (Å²) >= 11 is 0. The highest BCUT2D eigenvalue weighted by Crippen LogP contribution is 2.46. The Morgan fingerprint density at radius 1 is 0.941 bits per heavy atom. The minimum absolute atomic E-state index is 0.00803. The van der Waals surface area contributed by atoms with Crippen molar-refractivity contribution in [3.8, 4) is 0 Å². The number of carbonyl (C=O) groups excluding carboxylic acids is 2. The third kappa shape index (κ3) is 2.79. The maximum absolute atomic E-state index is 13.0. The molecular formula is C27H27N4O3+. The molecule has 0 saturated heterocycles. The highest BCUT2D eigenvalue weighted by atomic mass is 16.3. The van der Waals surface area contributed by atoms with Crippen molar-refractivity contribution in [2.75, 3.05) is 19.0 Å². The van der Waals surface area contributed by atoms with Crippen molar-refractivity contribution in [3.63, 3.8) is 0 Å². The summed E-state index contributed by atoms with van der Waals surface area (Å²) in [6.45, 7) is 8.05. The number of rotatable bonds is 2. The molecule has 1 aliphatic carbocycles. The van der Waals surface area contributed by atoms with Crippen molar-refractivity contribution in [2.45, 2.75) is 38.5 Å². The van der Waals surface area contributed by atoms with Crippen LogP contribution in [0.1, 0.15) is 39.1 Å². The van der Waals surface area contributed by atoms with Crippen LogP contribution < -0.4 is 4.90 Å². The molecule has 7 nitrogen and oxygen atoms in total. The van der Waals surface area contributed by atoms with Crippen LogP contribution in [0.4, 0.5) is 11.4 Å². The maximum Gasteiger partial charge on any atom is 0.237 e. The van der Waals surface area contributed by atoms with Crippen molar-refractivity contribution in [2.24, 2.45) is 0 Å². The standard InChI is InChI=1S/C27H26N4O3/c1-26(2)19(30(5)17-9-7-11-28-24(17)26)13-15-21(32)16(23(34)22(15)33)14-20-27(3,4)25-18(31(20)6)10-8-12-29-25/h7-14H,1-6H3/p+1. The molecule has 0 radical (unpaired) electrons. The molecule has 2 aromatic rings. The van der Waals surface area contributed by atoms with Gasteiger partial charge in [-0.05, 0) is 52.0 Å². The fraction of sp³-hybridized carbons (Fsp3) is 0.296. The van der Waals surface area contributed by atoms with E-state index in [1.807, 2.05) is 75.5 Å². The molecule has 5 rings (SSSR count). The first-order valence-electron chi connectivity index (χ1n) is 11.2. The average molecular weight is 456 g/mol. The second kappa shape index (κ2) is 7.06. The molecule has 0 bridgehead atoms. The zero-order valence-corrected chi connectivity index (χ0v) is 20.2. The second-order valence-corrected chi connectivity index (χ2v) is 10.0. The number of aliphatic hydroxyl groups is 1. The molecule has 172 valence electrons. The Morgan fingerprint density at radius 3 is 2.24 bits per heavy atom. The molecule has 0 atom stereocenters. The number of Topliss-reactive ketones (excluding diaryl/α,β-unsaturated/α-hetero) is 2. The molecule has 2 aliphatic heterocycles. The number of likely N-dealkylation sites (N-methyl/N-ethyl adjacent to an activating group) is 1. The van der Waals surface area contributed by atoms with Gasteiger partial charge in [-0.15, -0.1) is 0 Å². The van der Waals surface area contributed by atoms with Gasteiger partial charge in [0.25, 0.3) is 0 Å². The first kappa shape index (κ1) is 21.9. The van der Waals surface area contributed by atoms with Crippen molar-refractivity contribution in [3.05, 3.63) is 82.8 Å². The summed E-state index contributed by atoms with van der Waals surface area (Å²) in [5.74, 6) is -1.71. The van der Waals surface area contributed by atoms with Crippen LogP contribution in [0, 0.1) is 0 Å². The molecule has 1 N–H and O–H groups in total. The largest absolute Gasteiger partial charge is 0.506 e. The molecule has 4 heterocycles. The zero-order chi connectivity index (χ0) is 24.6. The van der Waals surface area contributed by atoms with Crippen LogP contribution in [0.25, 0.3) is 0 Å². The number of pyridine rings is 2. The van der Waals surface area contributed by atoms with Crippen LogP contribution in [-0.2, 0) is 20.4 Å². The van der Waals surface area contributed by atoms with E-state index in [1.165, 1.54) is 0 Å². The molecule has 3 aliphatic rings. The summed E-state index contributed by atoms with van der Waals surface area (Å²) in [6.07, 6.45) is 6.73. The van der Waals surface area contributed by atoms with Gasteiger partial charge < -0.3 is 10.0 Å². The normalized spacial score (nSPS) is 22.9. The van der Waals surface area contributed by atoms with Crippen LogP contribution in [-0.4, -0.2) is 51.0 Å². The lowest BCUT2D eigenvalue weighted by molar-refractivity contribution is -0.401. The van der Waals surface area contributed by atoms with Crippen molar-refractivity contribution >= 4 is 28.7 Å². The quantitative estimate of drug-likeness (QED) is 0.422. The van der Waals surface area contributed by atoms with Crippen molar-refractivity contribution in [1.29, 1.82) is 0 Å². The van der Waals surface area contributed by atoms with Crippen LogP contribution in [0.15, 0.2) is 71.4 Å². The number of hydrogen-bond donors (Lipinski definition) is 1. The first-order valence-corrected chi connectivity index (χ1v) is 11.2. The fourth-order valence-electron chi connectivity index (χ4n) is 5.34. The van der Waals surface area contributed by atoms with Gasteiger partial charge >= 0.3 is 0 Å². The summed E-state index contributed by atoms with van der Waals surface area (Å²) < 4.78 is 1.95. The molecule has 7 heteroatoms. The monoisotopic (exact) mass is 455 g/mol. The maximum atomic E-state index is 13.0. The van der Waals surface area contributed by atoms with E-state index in [0.717, 1.165) is 34.2 Å². The smallest absolute Gasteiger partial charge is 0.237 e. The second-order valence-electron chi connectivity index (χ2n) is 10.0. The van der Waals surface area contributed by atoms with Crippen LogP contribution in [0.2, 0.25) is 0 Å². The highest BCUT2D eigenvalue weighted by Gasteiger charge is 2.47. The van der Waals surface area contributed by atoms with Gasteiger partial charge in [0.1, 0.15) is 18.5 Å². The van der Waals surface area contributed by atoms with Gasteiger partial charge in [0.05, 0.1) is 27.9 Å². The van der Waals surface area contributed by atoms with Gasteiger partial charge in [-0.2, -0.15) is 4.58 Å². The number of allylic oxidation sites excluding steroid dienone is 5. The molecule has 0 spiro atoms. The Hall–Kier alpha value is -3.87. The third-order valence-electron chi connectivity index (χ3n) is 7.25. The first-order chi connectivity index (χ1) is 16.0. The number of nitrogens with zero attached hydrogens (tertiary/aromatic N) is 4. The Morgan fingerprint density at radius 2 is 1.59 bits per heavy atom. The summed E-state index contributed by atoms with van der Waals surface area (Å²) in [4.78, 5) is 37.0. The lowest BCUT2D eigenvalue weighted by Gasteiger charge is -2.23. The molecule has 0 amide bonds. The number of carbonyl (C=O) groups is 2. The number of aliphatic hydroxyl groups excluding tert-OH is 1. The van der Waals surface area contributed by atoms with E-state index in [4.69, 9.17) is 0 Å². The van der Waals surface area contributed by atoms with Crippen molar-refractivity contribution < 1.29 is 19.3 Å². The average Bonchev–Trinajstić information content (AvgIpc) is 3.22. The van der Waals surface area contributed by atoms with Gasteiger partial charge in [0, 0.05) is 42.7 Å². The van der Waals surface area contributed by atoms with Crippen molar-refractivity contribution in [1.82, 2.24) is 9.97 Å². The molecule has 0 fully saturated rings. The summed E-state index contributed by atoms with van der Waals surface area (Å²) in [5, 5.41) is 11.1. The fourth-order valence-corrected chi connectivity index (χ4v) is 5.34. The number of fused-ring (bicyclic) bond motifs is 2. The predicted octanol–water partition coefficient (Wildman–Crippen LogP) is 3.68. The Bertz CT molecular complexity index is 1420. The van der Waals surface area contributed by atoms with Crippen LogP contribution in [0.3, 0.4) is 0 Å². The van der Waals surface area contributed by atoms with E-state index in [0.29, 0.717) is 0 Å². The molecule has 0 unspecified atom stereocenters. The summed E-state index contributed by atoms with van der Waals surface area (Å²) in [7, 11) is 3.79. The van der Waals surface area contributed by atoms with Gasteiger partial charge in [-0.3, -0.25) is 19.6 Å². The van der Waals surface area contributed by atoms with Gasteiger partial charge in [0.2, 0.25) is 17.3 Å². The highest BCUT2D eigenvalue weighted by molar-refractivity contribution is 6.54. The third-order valence-corrected chi connectivity index (χ3v) is 7.25. The zero-order valence-electron chi connectivity index (χ0n) is 20.2. The van der Waals surface area contributed by atoms with Crippen LogP contribution >= 0.6 is 0 Å². The minimum Gasteiger partial charge on any atom is -0.506 e. The molecule has 0 saturated carbocycles. The SMILES string of the molecule is CN1C(=CC2=C(O)C(=CC3=[N+](C)c4cccnc4C3(C)C)C(=O)C2=O)C(C)(C)c2ncccc21.